The molecule has 0 aromatic heterocycles. The highest BCUT2D eigenvalue weighted by molar-refractivity contribution is 5.84. The number of aliphatic hydroxyl groups is 2. The molecule has 5 nitrogen and oxygen atoms in total. The topological polar surface area (TPSA) is 94.8 Å². The van der Waals surface area contributed by atoms with E-state index in [9.17, 15) is 28.6 Å². The summed E-state index contributed by atoms with van der Waals surface area (Å²) < 4.78 is 26.1. The number of halogens is 2. The second kappa shape index (κ2) is 12.0. The Morgan fingerprint density at radius 2 is 2.00 bits per heavy atom. The van der Waals surface area contributed by atoms with Gasteiger partial charge in [0.25, 0.3) is 0 Å². The highest BCUT2D eigenvalue weighted by Crippen LogP contribution is 2.35. The zero-order chi connectivity index (χ0) is 22.0. The van der Waals surface area contributed by atoms with E-state index in [0.29, 0.717) is 25.7 Å². The fraction of sp³-hybridized carbons (Fsp3) is 0.727. The van der Waals surface area contributed by atoms with E-state index in [2.05, 4.69) is 11.8 Å². The Hall–Kier alpha value is -1.78. The van der Waals surface area contributed by atoms with Crippen molar-refractivity contribution in [3.63, 3.8) is 0 Å². The molecule has 29 heavy (non-hydrogen) atoms. The highest BCUT2D eigenvalue weighted by Gasteiger charge is 2.40. The highest BCUT2D eigenvalue weighted by atomic mass is 19.3. The predicted octanol–water partition coefficient (Wildman–Crippen LogP) is 3.58. The maximum Gasteiger partial charge on any atom is 0.374 e. The van der Waals surface area contributed by atoms with Gasteiger partial charge in [-0.1, -0.05) is 38.8 Å². The van der Waals surface area contributed by atoms with Crippen LogP contribution < -0.4 is 0 Å². The van der Waals surface area contributed by atoms with Crippen molar-refractivity contribution in [1.82, 2.24) is 0 Å². The maximum atomic E-state index is 13.1. The number of carbonyl (C=O) groups is 2. The van der Waals surface area contributed by atoms with E-state index < -0.39 is 42.4 Å². The van der Waals surface area contributed by atoms with Crippen LogP contribution in [-0.2, 0) is 9.59 Å². The van der Waals surface area contributed by atoms with Crippen LogP contribution in [0.5, 0.6) is 0 Å². The number of alkyl halides is 2. The van der Waals surface area contributed by atoms with Crippen LogP contribution in [-0.4, -0.2) is 45.2 Å². The van der Waals surface area contributed by atoms with Gasteiger partial charge >= 0.3 is 11.9 Å². The molecule has 0 amide bonds. The van der Waals surface area contributed by atoms with Crippen LogP contribution in [0.1, 0.15) is 65.2 Å². The summed E-state index contributed by atoms with van der Waals surface area (Å²) in [5.74, 6) is -0.874. The van der Waals surface area contributed by atoms with E-state index in [0.717, 1.165) is 6.42 Å². The fourth-order valence-electron chi connectivity index (χ4n) is 3.50. The van der Waals surface area contributed by atoms with Crippen LogP contribution in [0.2, 0.25) is 0 Å². The largest absolute Gasteiger partial charge is 0.477 e. The summed E-state index contributed by atoms with van der Waals surface area (Å²) in [6.07, 6.45) is 3.74. The summed E-state index contributed by atoms with van der Waals surface area (Å²) in [6, 6.07) is 0. The van der Waals surface area contributed by atoms with Crippen LogP contribution in [0.25, 0.3) is 0 Å². The minimum Gasteiger partial charge on any atom is -0.477 e. The molecule has 0 aromatic carbocycles. The zero-order valence-electron chi connectivity index (χ0n) is 17.1. The molecule has 5 atom stereocenters. The Balaban J connectivity index is 2.54. The van der Waals surface area contributed by atoms with E-state index >= 15 is 0 Å². The van der Waals surface area contributed by atoms with Crippen molar-refractivity contribution < 1.29 is 33.7 Å². The first-order chi connectivity index (χ1) is 13.6. The standard InChI is InChI=1S/C22H32F2O5/c1-3-4-6-9-15(2)18(25)12-11-17-16(19(26)14-20(17)27)10-7-5-8-13-22(23,24)21(28)29/h11-12,15-18,20,25,27H,3,5,7-10,13-14H2,1-2H3,(H,28,29)/b12-11+/t15-,16+,17+,18+,20+/m0/s1. The van der Waals surface area contributed by atoms with Crippen LogP contribution in [0.4, 0.5) is 8.78 Å². The molecule has 0 bridgehead atoms. The molecule has 0 heterocycles. The summed E-state index contributed by atoms with van der Waals surface area (Å²) in [7, 11) is 0. The Kier molecular flexibility index (Phi) is 10.5. The molecule has 0 aliphatic heterocycles. The van der Waals surface area contributed by atoms with E-state index in [1.54, 1.807) is 12.2 Å². The lowest BCUT2D eigenvalue weighted by molar-refractivity contribution is -0.165. The van der Waals surface area contributed by atoms with Crippen molar-refractivity contribution in [2.45, 2.75) is 83.3 Å². The van der Waals surface area contributed by atoms with Crippen molar-refractivity contribution >= 4 is 11.8 Å². The van der Waals surface area contributed by atoms with Gasteiger partial charge in [-0.25, -0.2) is 4.79 Å². The van der Waals surface area contributed by atoms with Gasteiger partial charge in [0.15, 0.2) is 0 Å². The van der Waals surface area contributed by atoms with Crippen molar-refractivity contribution in [3.05, 3.63) is 12.2 Å². The van der Waals surface area contributed by atoms with Gasteiger partial charge in [0.1, 0.15) is 5.78 Å². The second-order valence-corrected chi connectivity index (χ2v) is 7.79. The Labute approximate surface area is 171 Å². The molecule has 1 fully saturated rings. The molecule has 0 spiro atoms. The summed E-state index contributed by atoms with van der Waals surface area (Å²) in [4.78, 5) is 22.6. The normalized spacial score (nSPS) is 24.3. The number of rotatable bonds is 11. The molecule has 0 radical (unpaired) electrons. The van der Waals surface area contributed by atoms with Gasteiger partial charge in [-0.05, 0) is 18.8 Å². The van der Waals surface area contributed by atoms with Crippen LogP contribution in [0, 0.1) is 29.6 Å². The van der Waals surface area contributed by atoms with Crippen molar-refractivity contribution in [1.29, 1.82) is 0 Å². The number of hydrogen-bond donors (Lipinski definition) is 3. The quantitative estimate of drug-likeness (QED) is 0.273. The second-order valence-electron chi connectivity index (χ2n) is 7.79. The zero-order valence-corrected chi connectivity index (χ0v) is 17.1. The first-order valence-electron chi connectivity index (χ1n) is 10.2. The van der Waals surface area contributed by atoms with Gasteiger partial charge in [-0.3, -0.25) is 4.79 Å². The van der Waals surface area contributed by atoms with Crippen LogP contribution in [0.3, 0.4) is 0 Å². The summed E-state index contributed by atoms with van der Waals surface area (Å²) in [5.41, 5.74) is 0. The molecule has 7 heteroatoms. The molecular formula is C22H32F2O5. The fourth-order valence-corrected chi connectivity index (χ4v) is 3.50. The molecule has 1 rings (SSSR count). The number of aliphatic carboxylic acids is 1. The summed E-state index contributed by atoms with van der Waals surface area (Å²) in [6.45, 7) is 3.82. The molecule has 0 unspecified atom stereocenters. The monoisotopic (exact) mass is 414 g/mol. The summed E-state index contributed by atoms with van der Waals surface area (Å²) in [5, 5.41) is 28.8. The average molecular weight is 414 g/mol. The van der Waals surface area contributed by atoms with Crippen LogP contribution in [0.15, 0.2) is 12.2 Å². The van der Waals surface area contributed by atoms with E-state index in [1.165, 1.54) is 0 Å². The minimum absolute atomic E-state index is 0.0460. The van der Waals surface area contributed by atoms with Gasteiger partial charge < -0.3 is 15.3 Å². The Morgan fingerprint density at radius 3 is 2.62 bits per heavy atom. The van der Waals surface area contributed by atoms with Gasteiger partial charge in [0.05, 0.1) is 12.2 Å². The average Bonchev–Trinajstić information content (AvgIpc) is 2.92. The number of carboxylic acids is 1. The van der Waals surface area contributed by atoms with E-state index in [1.807, 2.05) is 13.8 Å². The Bertz CT molecular complexity index is 635. The number of unbranched alkanes of at least 4 members (excludes halogenated alkanes) is 2. The summed E-state index contributed by atoms with van der Waals surface area (Å²) >= 11 is 0. The lowest BCUT2D eigenvalue weighted by Gasteiger charge is -2.19. The number of ketones is 1. The van der Waals surface area contributed by atoms with E-state index in [-0.39, 0.29) is 24.5 Å². The number of Topliss-reactive ketones (excluding diaryl/α,β-unsaturated/α-hetero) is 1. The Morgan fingerprint density at radius 1 is 1.31 bits per heavy atom. The van der Waals surface area contributed by atoms with Crippen LogP contribution >= 0.6 is 0 Å². The van der Waals surface area contributed by atoms with Gasteiger partial charge in [0.2, 0.25) is 0 Å². The van der Waals surface area contributed by atoms with Gasteiger partial charge in [-0.2, -0.15) is 8.78 Å². The minimum atomic E-state index is -3.72. The number of carboxylic acid groups (broad SMARTS) is 1. The van der Waals surface area contributed by atoms with Crippen molar-refractivity contribution in [2.75, 3.05) is 0 Å². The number of hydrogen-bond acceptors (Lipinski definition) is 4. The van der Waals surface area contributed by atoms with Gasteiger partial charge in [-0.15, -0.1) is 11.8 Å². The van der Waals surface area contributed by atoms with E-state index in [4.69, 9.17) is 5.11 Å². The first-order valence-corrected chi connectivity index (χ1v) is 10.2. The third kappa shape index (κ3) is 8.23. The maximum absolute atomic E-state index is 13.1. The van der Waals surface area contributed by atoms with Gasteiger partial charge in [0, 0.05) is 37.5 Å². The molecule has 1 aliphatic rings. The predicted molar refractivity (Wildman–Crippen MR) is 105 cm³/mol. The third-order valence-corrected chi connectivity index (χ3v) is 5.39. The SMILES string of the molecule is CCC#CC[C@H](C)[C@H](O)/C=C/[C@H]1[C@H](O)CC(=O)[C@@H]1CCCCCC(F)(F)C(=O)O. The number of carbonyl (C=O) groups excluding carboxylic acids is 1. The molecule has 0 aromatic rings. The molecule has 164 valence electrons. The van der Waals surface area contributed by atoms with Crippen molar-refractivity contribution in [3.8, 4) is 11.8 Å². The molecule has 3 N–H and O–H groups in total. The smallest absolute Gasteiger partial charge is 0.374 e. The molecular weight excluding hydrogens is 382 g/mol. The third-order valence-electron chi connectivity index (χ3n) is 5.39. The molecule has 0 saturated heterocycles. The number of aliphatic hydroxyl groups excluding tert-OH is 2. The lowest BCUT2D eigenvalue weighted by Crippen LogP contribution is -2.27. The molecule has 1 saturated carbocycles. The van der Waals surface area contributed by atoms with Crippen molar-refractivity contribution in [2.24, 2.45) is 17.8 Å². The molecule has 1 aliphatic carbocycles. The first kappa shape index (κ1) is 25.3. The lowest BCUT2D eigenvalue weighted by atomic mass is 9.88.